The molecule has 0 aromatic heterocycles. The number of carbonyl (C=O) groups is 1. The average Bonchev–Trinajstić information content (AvgIpc) is 2.96. The number of halogens is 2. The van der Waals surface area contributed by atoms with Crippen LogP contribution >= 0.6 is 44.1 Å². The molecule has 0 spiro atoms. The molecule has 1 amide bonds. The molecule has 0 aliphatic carbocycles. The van der Waals surface area contributed by atoms with E-state index in [0.717, 1.165) is 26.5 Å². The van der Waals surface area contributed by atoms with Crippen LogP contribution in [0.15, 0.2) is 51.0 Å². The molecule has 1 aliphatic heterocycles. The Balaban J connectivity index is 1.82. The number of ether oxygens (including phenoxy) is 2. The summed E-state index contributed by atoms with van der Waals surface area (Å²) in [4.78, 5) is 14.1. The Morgan fingerprint density at radius 2 is 1.93 bits per heavy atom. The fraction of sp³-hybridized carbons (Fsp3) is 0.238. The first-order valence-corrected chi connectivity index (χ1v) is 11.0. The summed E-state index contributed by atoms with van der Waals surface area (Å²) in [6.45, 7) is 3.01. The Labute approximate surface area is 192 Å². The van der Waals surface area contributed by atoms with Gasteiger partial charge in [-0.3, -0.25) is 9.69 Å². The summed E-state index contributed by atoms with van der Waals surface area (Å²) in [5.74, 6) is 1.05. The van der Waals surface area contributed by atoms with Crippen LogP contribution in [0, 0.1) is 0 Å². The van der Waals surface area contributed by atoms with Gasteiger partial charge in [0.25, 0.3) is 5.91 Å². The summed E-state index contributed by atoms with van der Waals surface area (Å²) < 4.78 is 13.2. The lowest BCUT2D eigenvalue weighted by Gasteiger charge is -2.14. The molecule has 2 aromatic rings. The monoisotopic (exact) mass is 538 g/mol. The highest BCUT2D eigenvalue weighted by atomic mass is 79.9. The number of hydrogen-bond acceptors (Lipinski definition) is 4. The van der Waals surface area contributed by atoms with Gasteiger partial charge in [-0.15, -0.1) is 0 Å². The topological polar surface area (TPSA) is 50.8 Å². The van der Waals surface area contributed by atoms with Gasteiger partial charge in [0, 0.05) is 11.0 Å². The molecule has 152 valence electrons. The maximum atomic E-state index is 12.5. The van der Waals surface area contributed by atoms with E-state index >= 15 is 0 Å². The second-order valence-electron chi connectivity index (χ2n) is 6.39. The van der Waals surface area contributed by atoms with Crippen LogP contribution in [0.5, 0.6) is 11.5 Å². The fourth-order valence-corrected chi connectivity index (χ4v) is 3.99. The van der Waals surface area contributed by atoms with Crippen LogP contribution in [-0.4, -0.2) is 29.6 Å². The standard InChI is InChI=1S/C21H20Br2N2O3S/c1-3-8-25-20(26)17(24-21(25)29)10-14-9-16(23)19(18(11-14)27-2)28-12-13-4-6-15(22)7-5-13/h4-7,9-11H,3,8,12H2,1-2H3,(H,24,29)/b17-10-. The van der Waals surface area contributed by atoms with Crippen molar-refractivity contribution in [1.82, 2.24) is 10.2 Å². The number of amides is 1. The molecule has 1 saturated heterocycles. The number of methoxy groups -OCH3 is 1. The first-order valence-electron chi connectivity index (χ1n) is 9.02. The average molecular weight is 540 g/mol. The molecule has 0 atom stereocenters. The zero-order valence-corrected chi connectivity index (χ0v) is 20.0. The molecule has 8 heteroatoms. The Kier molecular flexibility index (Phi) is 7.32. The molecule has 1 fully saturated rings. The van der Waals surface area contributed by atoms with E-state index in [2.05, 4.69) is 37.2 Å². The molecular formula is C21H20Br2N2O3S. The van der Waals surface area contributed by atoms with Gasteiger partial charge < -0.3 is 14.8 Å². The van der Waals surface area contributed by atoms with Crippen LogP contribution in [0.25, 0.3) is 6.08 Å². The second kappa shape index (κ2) is 9.73. The summed E-state index contributed by atoms with van der Waals surface area (Å²) >= 11 is 12.2. The predicted molar refractivity (Wildman–Crippen MR) is 125 cm³/mol. The van der Waals surface area contributed by atoms with E-state index in [-0.39, 0.29) is 5.91 Å². The number of thiocarbonyl (C=S) groups is 1. The normalized spacial score (nSPS) is 15.0. The van der Waals surface area contributed by atoms with Crippen molar-refractivity contribution in [3.05, 3.63) is 62.2 Å². The van der Waals surface area contributed by atoms with Gasteiger partial charge in [0.2, 0.25) is 0 Å². The number of nitrogens with one attached hydrogen (secondary N) is 1. The second-order valence-corrected chi connectivity index (χ2v) is 8.55. The van der Waals surface area contributed by atoms with E-state index in [9.17, 15) is 4.79 Å². The summed E-state index contributed by atoms with van der Waals surface area (Å²) in [7, 11) is 1.59. The zero-order valence-electron chi connectivity index (χ0n) is 16.0. The molecule has 2 aromatic carbocycles. The van der Waals surface area contributed by atoms with E-state index in [1.165, 1.54) is 0 Å². The molecular weight excluding hydrogens is 520 g/mol. The number of carbonyl (C=O) groups excluding carboxylic acids is 1. The van der Waals surface area contributed by atoms with Crippen molar-refractivity contribution in [3.8, 4) is 11.5 Å². The van der Waals surface area contributed by atoms with Gasteiger partial charge in [-0.2, -0.15) is 0 Å². The highest BCUT2D eigenvalue weighted by Crippen LogP contribution is 2.38. The van der Waals surface area contributed by atoms with Gasteiger partial charge in [0.1, 0.15) is 12.3 Å². The maximum absolute atomic E-state index is 12.5. The summed E-state index contributed by atoms with van der Waals surface area (Å²) in [6, 6.07) is 11.6. The molecule has 5 nitrogen and oxygen atoms in total. The SMILES string of the molecule is CCCN1C(=O)/C(=C/c2cc(Br)c(OCc3ccc(Br)cc3)c(OC)c2)NC1=S. The predicted octanol–water partition coefficient (Wildman–Crippen LogP) is 5.27. The Morgan fingerprint density at radius 3 is 2.59 bits per heavy atom. The summed E-state index contributed by atoms with van der Waals surface area (Å²) in [6.07, 6.45) is 2.60. The summed E-state index contributed by atoms with van der Waals surface area (Å²) in [5, 5.41) is 3.42. The fourth-order valence-electron chi connectivity index (χ4n) is 2.86. The lowest BCUT2D eigenvalue weighted by atomic mass is 10.1. The van der Waals surface area contributed by atoms with Crippen LogP contribution in [0.3, 0.4) is 0 Å². The zero-order chi connectivity index (χ0) is 21.0. The van der Waals surface area contributed by atoms with Crippen LogP contribution in [0.4, 0.5) is 0 Å². The van der Waals surface area contributed by atoms with Crippen molar-refractivity contribution in [2.45, 2.75) is 20.0 Å². The van der Waals surface area contributed by atoms with Gasteiger partial charge in [0.05, 0.1) is 11.6 Å². The van der Waals surface area contributed by atoms with Gasteiger partial charge in [-0.05, 0) is 76.0 Å². The first kappa shape index (κ1) is 21.8. The van der Waals surface area contributed by atoms with E-state index in [4.69, 9.17) is 21.7 Å². The van der Waals surface area contributed by atoms with Crippen molar-refractivity contribution in [2.75, 3.05) is 13.7 Å². The van der Waals surface area contributed by atoms with Gasteiger partial charge >= 0.3 is 0 Å². The number of nitrogens with zero attached hydrogens (tertiary/aromatic N) is 1. The van der Waals surface area contributed by atoms with Crippen LogP contribution in [0.1, 0.15) is 24.5 Å². The largest absolute Gasteiger partial charge is 0.493 e. The third-order valence-corrected chi connectivity index (χ3v) is 5.71. The van der Waals surface area contributed by atoms with E-state index in [1.54, 1.807) is 18.1 Å². The molecule has 29 heavy (non-hydrogen) atoms. The highest BCUT2D eigenvalue weighted by Gasteiger charge is 2.29. The van der Waals surface area contributed by atoms with Gasteiger partial charge in [0.15, 0.2) is 16.6 Å². The number of rotatable bonds is 7. The molecule has 0 saturated carbocycles. The molecule has 1 N–H and O–H groups in total. The molecule has 1 aliphatic rings. The van der Waals surface area contributed by atoms with E-state index < -0.39 is 0 Å². The smallest absolute Gasteiger partial charge is 0.276 e. The minimum absolute atomic E-state index is 0.123. The minimum atomic E-state index is -0.123. The Bertz CT molecular complexity index is 961. The molecule has 1 heterocycles. The molecule has 0 radical (unpaired) electrons. The third-order valence-electron chi connectivity index (χ3n) is 4.27. The third kappa shape index (κ3) is 5.18. The lowest BCUT2D eigenvalue weighted by Crippen LogP contribution is -2.31. The Morgan fingerprint density at radius 1 is 1.21 bits per heavy atom. The van der Waals surface area contributed by atoms with Crippen LogP contribution in [-0.2, 0) is 11.4 Å². The Hall–Kier alpha value is -1.90. The highest BCUT2D eigenvalue weighted by molar-refractivity contribution is 9.10. The van der Waals surface area contributed by atoms with Crippen LogP contribution in [0.2, 0.25) is 0 Å². The van der Waals surface area contributed by atoms with Crippen molar-refractivity contribution < 1.29 is 14.3 Å². The minimum Gasteiger partial charge on any atom is -0.493 e. The van der Waals surface area contributed by atoms with E-state index in [1.807, 2.05) is 43.3 Å². The molecule has 0 bridgehead atoms. The van der Waals surface area contributed by atoms with Crippen molar-refractivity contribution in [1.29, 1.82) is 0 Å². The quantitative estimate of drug-likeness (QED) is 0.384. The van der Waals surface area contributed by atoms with Crippen molar-refractivity contribution >= 4 is 61.2 Å². The van der Waals surface area contributed by atoms with Gasteiger partial charge in [-0.1, -0.05) is 35.0 Å². The van der Waals surface area contributed by atoms with Gasteiger partial charge in [-0.25, -0.2) is 0 Å². The molecule has 0 unspecified atom stereocenters. The first-order chi connectivity index (χ1) is 13.9. The molecule has 3 rings (SSSR count). The van der Waals surface area contributed by atoms with E-state index in [0.29, 0.717) is 35.5 Å². The number of benzene rings is 2. The summed E-state index contributed by atoms with van der Waals surface area (Å²) in [5.41, 5.74) is 2.28. The van der Waals surface area contributed by atoms with Crippen molar-refractivity contribution in [3.63, 3.8) is 0 Å². The van der Waals surface area contributed by atoms with Crippen LogP contribution < -0.4 is 14.8 Å². The van der Waals surface area contributed by atoms with Crippen molar-refractivity contribution in [2.24, 2.45) is 0 Å². The number of hydrogen-bond donors (Lipinski definition) is 1. The lowest BCUT2D eigenvalue weighted by molar-refractivity contribution is -0.122. The maximum Gasteiger partial charge on any atom is 0.276 e.